The van der Waals surface area contributed by atoms with Crippen molar-refractivity contribution in [3.8, 4) is 0 Å². The third-order valence-electron chi connectivity index (χ3n) is 2.43. The van der Waals surface area contributed by atoms with E-state index in [0.717, 1.165) is 0 Å². The SMILES string of the molecule is Cc1ncccc1NS(=O)(=O)c1ccsc1CN. The molecule has 2 aromatic rings. The number of hydrogen-bond acceptors (Lipinski definition) is 5. The Morgan fingerprint density at radius 3 is 2.89 bits per heavy atom. The van der Waals surface area contributed by atoms with Gasteiger partial charge < -0.3 is 5.73 Å². The van der Waals surface area contributed by atoms with E-state index in [-0.39, 0.29) is 11.4 Å². The second kappa shape index (κ2) is 5.05. The van der Waals surface area contributed by atoms with Gasteiger partial charge in [0.15, 0.2) is 0 Å². The van der Waals surface area contributed by atoms with Crippen molar-refractivity contribution in [3.05, 3.63) is 40.3 Å². The van der Waals surface area contributed by atoms with Gasteiger partial charge in [-0.25, -0.2) is 8.42 Å². The third kappa shape index (κ3) is 2.53. The number of rotatable bonds is 4. The largest absolute Gasteiger partial charge is 0.326 e. The van der Waals surface area contributed by atoms with Crippen molar-refractivity contribution in [2.24, 2.45) is 5.73 Å². The van der Waals surface area contributed by atoms with Gasteiger partial charge in [0.1, 0.15) is 4.90 Å². The summed E-state index contributed by atoms with van der Waals surface area (Å²) in [5.74, 6) is 0. The number of nitrogens with two attached hydrogens (primary N) is 1. The van der Waals surface area contributed by atoms with Crippen molar-refractivity contribution in [1.29, 1.82) is 0 Å². The Hall–Kier alpha value is -1.44. The van der Waals surface area contributed by atoms with Crippen LogP contribution in [-0.4, -0.2) is 13.4 Å². The van der Waals surface area contributed by atoms with Gasteiger partial charge in [0.05, 0.1) is 11.4 Å². The van der Waals surface area contributed by atoms with E-state index in [1.165, 1.54) is 11.3 Å². The highest BCUT2D eigenvalue weighted by molar-refractivity contribution is 7.93. The second-order valence-corrected chi connectivity index (χ2v) is 6.31. The molecule has 0 aliphatic heterocycles. The molecular weight excluding hydrogens is 270 g/mol. The second-order valence-electron chi connectivity index (χ2n) is 3.65. The minimum absolute atomic E-state index is 0.208. The Labute approximate surface area is 110 Å². The lowest BCUT2D eigenvalue weighted by Crippen LogP contribution is -2.15. The Kier molecular flexibility index (Phi) is 3.65. The van der Waals surface area contributed by atoms with E-state index in [2.05, 4.69) is 9.71 Å². The van der Waals surface area contributed by atoms with Crippen LogP contribution in [0.4, 0.5) is 5.69 Å². The molecule has 2 rings (SSSR count). The summed E-state index contributed by atoms with van der Waals surface area (Å²) in [6, 6.07) is 4.91. The monoisotopic (exact) mass is 283 g/mol. The van der Waals surface area contributed by atoms with Gasteiger partial charge in [-0.05, 0) is 30.5 Å². The van der Waals surface area contributed by atoms with Gasteiger partial charge in [0, 0.05) is 17.6 Å². The number of hydrogen-bond donors (Lipinski definition) is 2. The first-order valence-corrected chi connectivity index (χ1v) is 7.62. The molecule has 96 valence electrons. The number of nitrogens with one attached hydrogen (secondary N) is 1. The maximum absolute atomic E-state index is 12.2. The molecule has 0 aliphatic carbocycles. The molecule has 0 saturated carbocycles. The first kappa shape index (κ1) is 13.0. The molecule has 0 aromatic carbocycles. The Balaban J connectivity index is 2.37. The molecule has 2 heterocycles. The fourth-order valence-corrected chi connectivity index (χ4v) is 3.96. The zero-order valence-electron chi connectivity index (χ0n) is 9.75. The van der Waals surface area contributed by atoms with Crippen LogP contribution in [0.2, 0.25) is 0 Å². The molecule has 18 heavy (non-hydrogen) atoms. The van der Waals surface area contributed by atoms with E-state index >= 15 is 0 Å². The summed E-state index contributed by atoms with van der Waals surface area (Å²) in [7, 11) is -3.59. The first-order chi connectivity index (χ1) is 8.54. The lowest BCUT2D eigenvalue weighted by molar-refractivity contribution is 0.600. The number of sulfonamides is 1. The van der Waals surface area contributed by atoms with E-state index < -0.39 is 10.0 Å². The zero-order chi connectivity index (χ0) is 13.2. The molecule has 0 aliphatic rings. The van der Waals surface area contributed by atoms with Crippen LogP contribution in [0.15, 0.2) is 34.7 Å². The minimum atomic E-state index is -3.59. The molecule has 2 aromatic heterocycles. The van der Waals surface area contributed by atoms with E-state index in [4.69, 9.17) is 5.73 Å². The van der Waals surface area contributed by atoms with Gasteiger partial charge in [-0.2, -0.15) is 0 Å². The van der Waals surface area contributed by atoms with E-state index in [1.807, 2.05) is 0 Å². The van der Waals surface area contributed by atoms with Crippen LogP contribution in [0.1, 0.15) is 10.6 Å². The average molecular weight is 283 g/mol. The van der Waals surface area contributed by atoms with E-state index in [1.54, 1.807) is 36.7 Å². The molecule has 0 radical (unpaired) electrons. The maximum Gasteiger partial charge on any atom is 0.263 e. The molecule has 0 unspecified atom stereocenters. The summed E-state index contributed by atoms with van der Waals surface area (Å²) < 4.78 is 26.9. The van der Waals surface area contributed by atoms with Crippen LogP contribution in [0.5, 0.6) is 0 Å². The average Bonchev–Trinajstić information content (AvgIpc) is 2.81. The molecule has 7 heteroatoms. The van der Waals surface area contributed by atoms with Crippen molar-refractivity contribution in [2.45, 2.75) is 18.4 Å². The van der Waals surface area contributed by atoms with E-state index in [0.29, 0.717) is 16.3 Å². The molecule has 0 bridgehead atoms. The number of aryl methyl sites for hydroxylation is 1. The van der Waals surface area contributed by atoms with Crippen molar-refractivity contribution < 1.29 is 8.42 Å². The molecule has 0 atom stereocenters. The van der Waals surface area contributed by atoms with Gasteiger partial charge >= 0.3 is 0 Å². The number of aromatic nitrogens is 1. The summed E-state index contributed by atoms with van der Waals surface area (Å²) in [6.45, 7) is 1.95. The Morgan fingerprint density at radius 2 is 2.22 bits per heavy atom. The fourth-order valence-electron chi connectivity index (χ4n) is 1.51. The third-order valence-corrected chi connectivity index (χ3v) is 4.95. The van der Waals surface area contributed by atoms with Crippen LogP contribution in [0, 0.1) is 6.92 Å². The van der Waals surface area contributed by atoms with Gasteiger partial charge in [-0.3, -0.25) is 9.71 Å². The van der Waals surface area contributed by atoms with Crippen molar-refractivity contribution in [1.82, 2.24) is 4.98 Å². The zero-order valence-corrected chi connectivity index (χ0v) is 11.4. The van der Waals surface area contributed by atoms with Crippen molar-refractivity contribution in [3.63, 3.8) is 0 Å². The molecule has 0 saturated heterocycles. The lowest BCUT2D eigenvalue weighted by Gasteiger charge is -2.09. The summed E-state index contributed by atoms with van der Waals surface area (Å²) >= 11 is 1.33. The fraction of sp³-hybridized carbons (Fsp3) is 0.182. The molecular formula is C11H13N3O2S2. The summed E-state index contributed by atoms with van der Waals surface area (Å²) in [5, 5.41) is 1.72. The molecule has 3 N–H and O–H groups in total. The van der Waals surface area contributed by atoms with Gasteiger partial charge in [0.2, 0.25) is 0 Å². The maximum atomic E-state index is 12.2. The van der Waals surface area contributed by atoms with Gasteiger partial charge in [-0.1, -0.05) is 0 Å². The van der Waals surface area contributed by atoms with Crippen LogP contribution in [0.3, 0.4) is 0 Å². The highest BCUT2D eigenvalue weighted by atomic mass is 32.2. The smallest absolute Gasteiger partial charge is 0.263 e. The van der Waals surface area contributed by atoms with Crippen molar-refractivity contribution in [2.75, 3.05) is 4.72 Å². The molecule has 0 spiro atoms. The van der Waals surface area contributed by atoms with Crippen LogP contribution >= 0.6 is 11.3 Å². The quantitative estimate of drug-likeness (QED) is 0.894. The predicted molar refractivity (Wildman–Crippen MR) is 72.0 cm³/mol. The van der Waals surface area contributed by atoms with Gasteiger partial charge in [0.25, 0.3) is 10.0 Å². The summed E-state index contributed by atoms with van der Waals surface area (Å²) in [4.78, 5) is 4.92. The number of nitrogens with zero attached hydrogens (tertiary/aromatic N) is 1. The highest BCUT2D eigenvalue weighted by Crippen LogP contribution is 2.24. The lowest BCUT2D eigenvalue weighted by atomic mass is 10.3. The first-order valence-electron chi connectivity index (χ1n) is 5.25. The standard InChI is InChI=1S/C11H13N3O2S2/c1-8-9(3-2-5-13-8)14-18(15,16)11-4-6-17-10(11)7-12/h2-6,14H,7,12H2,1H3. The Bertz CT molecular complexity index is 650. The van der Waals surface area contributed by atoms with E-state index in [9.17, 15) is 8.42 Å². The van der Waals surface area contributed by atoms with Crippen LogP contribution < -0.4 is 10.5 Å². The molecule has 0 amide bonds. The highest BCUT2D eigenvalue weighted by Gasteiger charge is 2.19. The number of anilines is 1. The normalized spacial score (nSPS) is 11.4. The topological polar surface area (TPSA) is 85.1 Å². The number of pyridine rings is 1. The van der Waals surface area contributed by atoms with Crippen molar-refractivity contribution >= 4 is 27.0 Å². The number of thiophene rings is 1. The minimum Gasteiger partial charge on any atom is -0.326 e. The molecule has 0 fully saturated rings. The summed E-state index contributed by atoms with van der Waals surface area (Å²) in [5.41, 5.74) is 6.63. The Morgan fingerprint density at radius 1 is 1.44 bits per heavy atom. The van der Waals surface area contributed by atoms with Gasteiger partial charge in [-0.15, -0.1) is 11.3 Å². The van der Waals surface area contributed by atoms with Crippen LogP contribution in [-0.2, 0) is 16.6 Å². The molecule has 5 nitrogen and oxygen atoms in total. The predicted octanol–water partition coefficient (Wildman–Crippen LogP) is 1.71. The van der Waals surface area contributed by atoms with Crippen LogP contribution in [0.25, 0.3) is 0 Å². The summed E-state index contributed by atoms with van der Waals surface area (Å²) in [6.07, 6.45) is 1.61.